The van der Waals surface area contributed by atoms with E-state index in [0.717, 1.165) is 17.7 Å². The van der Waals surface area contributed by atoms with E-state index in [1.54, 1.807) is 37.4 Å². The molecule has 0 saturated carbocycles. The van der Waals surface area contributed by atoms with Crippen molar-refractivity contribution in [1.29, 1.82) is 0 Å². The summed E-state index contributed by atoms with van der Waals surface area (Å²) in [7, 11) is 1.51. The summed E-state index contributed by atoms with van der Waals surface area (Å²) < 4.78 is 29.9. The zero-order valence-corrected chi connectivity index (χ0v) is 17.5. The van der Waals surface area contributed by atoms with Gasteiger partial charge in [0.25, 0.3) is 0 Å². The molecular weight excluding hydrogens is 412 g/mol. The number of benzene rings is 2. The Labute approximate surface area is 184 Å². The van der Waals surface area contributed by atoms with E-state index in [-0.39, 0.29) is 12.0 Å². The number of carbonyl (C=O) groups is 2. The molecule has 1 aliphatic heterocycles. The molecule has 0 aliphatic carbocycles. The molecule has 3 aromatic rings. The molecule has 1 unspecified atom stereocenters. The highest BCUT2D eigenvalue weighted by molar-refractivity contribution is 6.16. The van der Waals surface area contributed by atoms with Crippen molar-refractivity contribution in [2.45, 2.75) is 18.9 Å². The number of aromatic nitrogens is 1. The van der Waals surface area contributed by atoms with Gasteiger partial charge >= 0.3 is 6.03 Å². The Morgan fingerprint density at radius 3 is 2.25 bits per heavy atom. The number of amides is 3. The average Bonchev–Trinajstić information content (AvgIpc) is 2.79. The number of urea groups is 1. The van der Waals surface area contributed by atoms with Gasteiger partial charge < -0.3 is 4.90 Å². The third kappa shape index (κ3) is 3.71. The van der Waals surface area contributed by atoms with Crippen molar-refractivity contribution in [2.24, 2.45) is 0 Å². The molecule has 0 N–H and O–H groups in total. The standard InChI is InChI=1S/C25H19F2N3O2/c1-25(19-8-4-3-5-9-19)15-22(31)30(24(32)29(25)2)23-20(26)13-18(14-21(23)27)11-10-17-7-6-12-28-16-17/h3-9,12-14,16H,15H2,1-2H3. The summed E-state index contributed by atoms with van der Waals surface area (Å²) in [5, 5.41) is 0. The maximum Gasteiger partial charge on any atom is 0.332 e. The lowest BCUT2D eigenvalue weighted by atomic mass is 9.85. The molecule has 1 aliphatic rings. The largest absolute Gasteiger partial charge is 0.332 e. The van der Waals surface area contributed by atoms with E-state index in [4.69, 9.17) is 0 Å². The Morgan fingerprint density at radius 2 is 1.62 bits per heavy atom. The molecule has 7 heteroatoms. The molecule has 2 aromatic carbocycles. The van der Waals surface area contributed by atoms with E-state index in [1.165, 1.54) is 18.1 Å². The zero-order chi connectivity index (χ0) is 22.9. The van der Waals surface area contributed by atoms with Gasteiger partial charge in [0.05, 0.1) is 12.0 Å². The lowest BCUT2D eigenvalue weighted by molar-refractivity contribution is -0.122. The lowest BCUT2D eigenvalue weighted by Gasteiger charge is -2.45. The number of imide groups is 1. The van der Waals surface area contributed by atoms with E-state index in [2.05, 4.69) is 16.8 Å². The van der Waals surface area contributed by atoms with Gasteiger partial charge in [0.1, 0.15) is 5.69 Å². The van der Waals surface area contributed by atoms with Gasteiger partial charge in [-0.2, -0.15) is 0 Å². The van der Waals surface area contributed by atoms with Crippen LogP contribution in [0.25, 0.3) is 0 Å². The summed E-state index contributed by atoms with van der Waals surface area (Å²) in [4.78, 5) is 31.9. The lowest BCUT2D eigenvalue weighted by Crippen LogP contribution is -2.60. The van der Waals surface area contributed by atoms with Crippen LogP contribution in [0.15, 0.2) is 67.0 Å². The summed E-state index contributed by atoms with van der Waals surface area (Å²) in [6, 6.07) is 13.7. The number of halogens is 2. The number of pyridine rings is 1. The van der Waals surface area contributed by atoms with Gasteiger partial charge in [-0.3, -0.25) is 9.78 Å². The fraction of sp³-hybridized carbons (Fsp3) is 0.160. The highest BCUT2D eigenvalue weighted by atomic mass is 19.1. The highest BCUT2D eigenvalue weighted by Gasteiger charge is 2.47. The molecule has 1 fully saturated rings. The molecule has 2 heterocycles. The monoisotopic (exact) mass is 431 g/mol. The highest BCUT2D eigenvalue weighted by Crippen LogP contribution is 2.38. The van der Waals surface area contributed by atoms with Crippen molar-refractivity contribution in [3.05, 3.63) is 95.3 Å². The number of carbonyl (C=O) groups excluding carboxylic acids is 2. The van der Waals surface area contributed by atoms with E-state index >= 15 is 0 Å². The van der Waals surface area contributed by atoms with Crippen molar-refractivity contribution in [1.82, 2.24) is 9.88 Å². The van der Waals surface area contributed by atoms with Gasteiger partial charge in [-0.05, 0) is 36.8 Å². The Kier molecular flexibility index (Phi) is 5.45. The summed E-state index contributed by atoms with van der Waals surface area (Å²) >= 11 is 0. The van der Waals surface area contributed by atoms with Crippen LogP contribution in [0.4, 0.5) is 19.3 Å². The molecule has 0 bridgehead atoms. The van der Waals surface area contributed by atoms with E-state index in [9.17, 15) is 18.4 Å². The van der Waals surface area contributed by atoms with Gasteiger partial charge in [-0.25, -0.2) is 18.5 Å². The molecule has 1 saturated heterocycles. The fourth-order valence-electron chi connectivity index (χ4n) is 3.71. The molecule has 4 rings (SSSR count). The smallest absolute Gasteiger partial charge is 0.317 e. The van der Waals surface area contributed by atoms with Crippen LogP contribution in [0, 0.1) is 23.5 Å². The Hall–Kier alpha value is -4.05. The van der Waals surface area contributed by atoms with E-state index in [1.807, 2.05) is 18.2 Å². The average molecular weight is 431 g/mol. The van der Waals surface area contributed by atoms with Crippen molar-refractivity contribution in [3.8, 4) is 11.8 Å². The fourth-order valence-corrected chi connectivity index (χ4v) is 3.71. The van der Waals surface area contributed by atoms with Crippen LogP contribution < -0.4 is 4.90 Å². The molecule has 0 spiro atoms. The first kappa shape index (κ1) is 21.2. The Morgan fingerprint density at radius 1 is 0.969 bits per heavy atom. The van der Waals surface area contributed by atoms with Gasteiger partial charge in [0.2, 0.25) is 5.91 Å². The first-order valence-electron chi connectivity index (χ1n) is 9.88. The number of rotatable bonds is 2. The number of anilines is 1. The molecule has 1 aromatic heterocycles. The van der Waals surface area contributed by atoms with Crippen molar-refractivity contribution in [3.63, 3.8) is 0 Å². The zero-order valence-electron chi connectivity index (χ0n) is 17.5. The molecule has 0 radical (unpaired) electrons. The van der Waals surface area contributed by atoms with Crippen LogP contribution in [0.5, 0.6) is 0 Å². The molecule has 160 valence electrons. The van der Waals surface area contributed by atoms with Crippen molar-refractivity contribution < 1.29 is 18.4 Å². The Bertz CT molecular complexity index is 1230. The maximum atomic E-state index is 14.9. The second kappa shape index (κ2) is 8.23. The van der Waals surface area contributed by atoms with Crippen LogP contribution in [0.2, 0.25) is 0 Å². The van der Waals surface area contributed by atoms with Crippen LogP contribution in [-0.4, -0.2) is 28.9 Å². The minimum absolute atomic E-state index is 0.0759. The van der Waals surface area contributed by atoms with Crippen molar-refractivity contribution >= 4 is 17.6 Å². The second-order valence-electron chi connectivity index (χ2n) is 7.67. The topological polar surface area (TPSA) is 53.5 Å². The van der Waals surface area contributed by atoms with Crippen molar-refractivity contribution in [2.75, 3.05) is 11.9 Å². The third-order valence-electron chi connectivity index (χ3n) is 5.61. The summed E-state index contributed by atoms with van der Waals surface area (Å²) in [6.07, 6.45) is 2.99. The van der Waals surface area contributed by atoms with Gasteiger partial charge in [-0.1, -0.05) is 42.2 Å². The normalized spacial score (nSPS) is 18.4. The molecular formula is C25H19F2N3O2. The predicted molar refractivity (Wildman–Crippen MR) is 116 cm³/mol. The number of hydrogen-bond donors (Lipinski definition) is 0. The van der Waals surface area contributed by atoms with E-state index in [0.29, 0.717) is 10.5 Å². The van der Waals surface area contributed by atoms with Gasteiger partial charge in [0, 0.05) is 30.6 Å². The summed E-state index contributed by atoms with van der Waals surface area (Å²) in [5.41, 5.74) is -0.221. The number of nitrogens with zero attached hydrogens (tertiary/aromatic N) is 3. The molecule has 1 atom stereocenters. The van der Waals surface area contributed by atoms with Gasteiger partial charge in [-0.15, -0.1) is 0 Å². The minimum Gasteiger partial charge on any atom is -0.317 e. The van der Waals surface area contributed by atoms with Gasteiger partial charge in [0.15, 0.2) is 11.6 Å². The van der Waals surface area contributed by atoms with Crippen LogP contribution >= 0.6 is 0 Å². The third-order valence-corrected chi connectivity index (χ3v) is 5.61. The van der Waals surface area contributed by atoms with Crippen LogP contribution in [-0.2, 0) is 10.3 Å². The summed E-state index contributed by atoms with van der Waals surface area (Å²) in [5.74, 6) is 2.66. The predicted octanol–water partition coefficient (Wildman–Crippen LogP) is 4.46. The first-order chi connectivity index (χ1) is 15.3. The SMILES string of the molecule is CN1C(=O)N(c2c(F)cc(C#Cc3cccnc3)cc2F)C(=O)CC1(C)c1ccccc1. The second-order valence-corrected chi connectivity index (χ2v) is 7.67. The summed E-state index contributed by atoms with van der Waals surface area (Å²) in [6.45, 7) is 1.75. The quantitative estimate of drug-likeness (QED) is 0.563. The van der Waals surface area contributed by atoms with Crippen LogP contribution in [0.3, 0.4) is 0 Å². The van der Waals surface area contributed by atoms with E-state index < -0.39 is 34.8 Å². The number of hydrogen-bond acceptors (Lipinski definition) is 3. The molecule has 5 nitrogen and oxygen atoms in total. The maximum absolute atomic E-state index is 14.9. The molecule has 32 heavy (non-hydrogen) atoms. The molecule has 3 amide bonds. The first-order valence-corrected chi connectivity index (χ1v) is 9.88. The Balaban J connectivity index is 1.68. The van der Waals surface area contributed by atoms with Crippen LogP contribution in [0.1, 0.15) is 30.0 Å². The minimum atomic E-state index is -1.04.